The van der Waals surface area contributed by atoms with E-state index in [4.69, 9.17) is 5.14 Å². The number of benzene rings is 1. The van der Waals surface area contributed by atoms with E-state index in [0.29, 0.717) is 20.6 Å². The van der Waals surface area contributed by atoms with Gasteiger partial charge in [0.25, 0.3) is 5.91 Å². The number of carbonyl (C=O) groups is 1. The van der Waals surface area contributed by atoms with E-state index in [9.17, 15) is 13.2 Å². The highest BCUT2D eigenvalue weighted by atomic mass is 79.9. The van der Waals surface area contributed by atoms with Crippen molar-refractivity contribution in [2.24, 2.45) is 5.14 Å². The minimum Gasteiger partial charge on any atom is -0.322 e. The molecule has 2 aromatic rings. The van der Waals surface area contributed by atoms with Gasteiger partial charge in [-0.25, -0.2) is 13.6 Å². The summed E-state index contributed by atoms with van der Waals surface area (Å²) in [5.74, 6) is -0.282. The topological polar surface area (TPSA) is 89.3 Å². The number of carbonyl (C=O) groups excluding carboxylic acids is 1. The first-order chi connectivity index (χ1) is 9.68. The van der Waals surface area contributed by atoms with Crippen LogP contribution in [0.1, 0.15) is 15.9 Å². The minimum atomic E-state index is -3.75. The van der Waals surface area contributed by atoms with Crippen molar-refractivity contribution in [1.82, 2.24) is 0 Å². The lowest BCUT2D eigenvalue weighted by molar-refractivity contribution is 0.102. The summed E-state index contributed by atoms with van der Waals surface area (Å²) in [6, 6.07) is 6.00. The summed E-state index contributed by atoms with van der Waals surface area (Å²) >= 11 is 8.02. The molecule has 0 aliphatic heterocycles. The van der Waals surface area contributed by atoms with E-state index in [-0.39, 0.29) is 10.8 Å². The Balaban J connectivity index is 2.28. The first-order valence-electron chi connectivity index (χ1n) is 5.58. The summed E-state index contributed by atoms with van der Waals surface area (Å²) in [7, 11) is -3.75. The first kappa shape index (κ1) is 16.6. The SMILES string of the molecule is Cc1cc(S(N)(=O)=O)ccc1NC(=O)c1cc(Br)sc1Br. The lowest BCUT2D eigenvalue weighted by Gasteiger charge is -2.09. The van der Waals surface area contributed by atoms with Crippen LogP contribution in [0, 0.1) is 6.92 Å². The van der Waals surface area contributed by atoms with Crippen LogP contribution in [-0.4, -0.2) is 14.3 Å². The Morgan fingerprint density at radius 1 is 1.29 bits per heavy atom. The predicted molar refractivity (Wildman–Crippen MR) is 90.2 cm³/mol. The molecule has 112 valence electrons. The Bertz CT molecular complexity index is 816. The number of primary sulfonamides is 1. The fraction of sp³-hybridized carbons (Fsp3) is 0.0833. The number of hydrogen-bond acceptors (Lipinski definition) is 4. The van der Waals surface area contributed by atoms with Gasteiger partial charge >= 0.3 is 0 Å². The highest BCUT2D eigenvalue weighted by molar-refractivity contribution is 9.12. The van der Waals surface area contributed by atoms with Crippen LogP contribution in [0.5, 0.6) is 0 Å². The number of amides is 1. The van der Waals surface area contributed by atoms with E-state index >= 15 is 0 Å². The van der Waals surface area contributed by atoms with Crippen molar-refractivity contribution in [3.63, 3.8) is 0 Å². The molecule has 1 heterocycles. The number of anilines is 1. The van der Waals surface area contributed by atoms with Crippen LogP contribution in [0.2, 0.25) is 0 Å². The molecule has 0 spiro atoms. The third-order valence-corrected chi connectivity index (χ3v) is 5.93. The van der Waals surface area contributed by atoms with Gasteiger partial charge in [0.2, 0.25) is 10.0 Å². The number of sulfonamides is 1. The molecule has 1 aromatic heterocycles. The van der Waals surface area contributed by atoms with Gasteiger partial charge in [0, 0.05) is 5.69 Å². The van der Waals surface area contributed by atoms with Crippen molar-refractivity contribution < 1.29 is 13.2 Å². The molecule has 3 N–H and O–H groups in total. The Morgan fingerprint density at radius 3 is 2.43 bits per heavy atom. The van der Waals surface area contributed by atoms with E-state index in [1.54, 1.807) is 13.0 Å². The van der Waals surface area contributed by atoms with E-state index in [1.807, 2.05) is 0 Å². The standard InChI is InChI=1S/C12H10Br2N2O3S2/c1-6-4-7(21(15,18)19)2-3-9(6)16-12(17)8-5-10(13)20-11(8)14/h2-5H,1H3,(H,16,17)(H2,15,18,19). The fourth-order valence-electron chi connectivity index (χ4n) is 1.64. The zero-order valence-corrected chi connectivity index (χ0v) is 15.5. The predicted octanol–water partition coefficient (Wildman–Crippen LogP) is 3.48. The average Bonchev–Trinajstić information content (AvgIpc) is 2.69. The van der Waals surface area contributed by atoms with Crippen LogP contribution < -0.4 is 10.5 Å². The molecule has 0 aliphatic carbocycles. The average molecular weight is 454 g/mol. The summed E-state index contributed by atoms with van der Waals surface area (Å²) in [6.45, 7) is 1.70. The number of aryl methyl sites for hydroxylation is 1. The van der Waals surface area contributed by atoms with Gasteiger partial charge in [-0.15, -0.1) is 11.3 Å². The van der Waals surface area contributed by atoms with E-state index in [1.165, 1.54) is 29.5 Å². The Kier molecular flexibility index (Phi) is 4.89. The first-order valence-corrected chi connectivity index (χ1v) is 9.53. The molecule has 1 aromatic carbocycles. The summed E-state index contributed by atoms with van der Waals surface area (Å²) in [5, 5.41) is 7.81. The Hall–Kier alpha value is -0.740. The smallest absolute Gasteiger partial charge is 0.257 e. The van der Waals surface area contributed by atoms with Crippen molar-refractivity contribution in [3.05, 3.63) is 43.0 Å². The molecule has 0 saturated heterocycles. The van der Waals surface area contributed by atoms with Crippen LogP contribution >= 0.6 is 43.2 Å². The highest BCUT2D eigenvalue weighted by Gasteiger charge is 2.16. The van der Waals surface area contributed by atoms with Crippen molar-refractivity contribution in [3.8, 4) is 0 Å². The molecule has 0 fully saturated rings. The summed E-state index contributed by atoms with van der Waals surface area (Å²) in [6.07, 6.45) is 0. The quantitative estimate of drug-likeness (QED) is 0.745. The second-order valence-corrected chi connectivity index (χ2v) is 9.52. The maximum Gasteiger partial charge on any atom is 0.257 e. The van der Waals surface area contributed by atoms with Crippen molar-refractivity contribution >= 4 is 64.8 Å². The molecule has 0 atom stereocenters. The van der Waals surface area contributed by atoms with Gasteiger partial charge in [-0.2, -0.15) is 0 Å². The molecule has 0 radical (unpaired) electrons. The number of thiophene rings is 1. The van der Waals surface area contributed by atoms with Crippen molar-refractivity contribution in [1.29, 1.82) is 0 Å². The van der Waals surface area contributed by atoms with Gasteiger partial charge in [-0.3, -0.25) is 4.79 Å². The third-order valence-electron chi connectivity index (χ3n) is 2.68. The van der Waals surface area contributed by atoms with Crippen molar-refractivity contribution in [2.45, 2.75) is 11.8 Å². The molecule has 9 heteroatoms. The molecule has 21 heavy (non-hydrogen) atoms. The molecule has 0 bridgehead atoms. The van der Waals surface area contributed by atoms with Crippen LogP contribution in [0.25, 0.3) is 0 Å². The Labute approximate surface area is 142 Å². The van der Waals surface area contributed by atoms with Gasteiger partial charge in [0.05, 0.1) is 18.0 Å². The van der Waals surface area contributed by atoms with E-state index in [2.05, 4.69) is 37.2 Å². The normalized spacial score (nSPS) is 11.4. The zero-order chi connectivity index (χ0) is 15.8. The van der Waals surface area contributed by atoms with E-state index in [0.717, 1.165) is 3.79 Å². The second-order valence-electron chi connectivity index (χ2n) is 4.21. The van der Waals surface area contributed by atoms with Gasteiger partial charge in [-0.1, -0.05) is 0 Å². The second kappa shape index (κ2) is 6.17. The van der Waals surface area contributed by atoms with Crippen LogP contribution in [0.15, 0.2) is 36.7 Å². The maximum atomic E-state index is 12.2. The zero-order valence-electron chi connectivity index (χ0n) is 10.7. The van der Waals surface area contributed by atoms with Crippen LogP contribution in [0.4, 0.5) is 5.69 Å². The molecule has 0 saturated carbocycles. The lowest BCUT2D eigenvalue weighted by atomic mass is 10.2. The van der Waals surface area contributed by atoms with Gasteiger partial charge < -0.3 is 5.32 Å². The molecular formula is C12H10Br2N2O3S2. The monoisotopic (exact) mass is 452 g/mol. The number of rotatable bonds is 3. The molecule has 0 unspecified atom stereocenters. The van der Waals surface area contributed by atoms with Crippen LogP contribution in [-0.2, 0) is 10.0 Å². The number of hydrogen-bond donors (Lipinski definition) is 2. The Morgan fingerprint density at radius 2 is 1.95 bits per heavy atom. The molecular weight excluding hydrogens is 444 g/mol. The minimum absolute atomic E-state index is 0.0115. The van der Waals surface area contributed by atoms with Crippen molar-refractivity contribution in [2.75, 3.05) is 5.32 Å². The fourth-order valence-corrected chi connectivity index (χ4v) is 5.03. The third kappa shape index (κ3) is 3.92. The largest absolute Gasteiger partial charge is 0.322 e. The molecule has 2 rings (SSSR count). The molecule has 5 nitrogen and oxygen atoms in total. The summed E-state index contributed by atoms with van der Waals surface area (Å²) in [4.78, 5) is 12.2. The summed E-state index contributed by atoms with van der Waals surface area (Å²) in [5.41, 5.74) is 1.64. The lowest BCUT2D eigenvalue weighted by Crippen LogP contribution is -2.14. The molecule has 0 aliphatic rings. The molecule has 1 amide bonds. The van der Waals surface area contributed by atoms with Gasteiger partial charge in [0.15, 0.2) is 0 Å². The maximum absolute atomic E-state index is 12.2. The van der Waals surface area contributed by atoms with Gasteiger partial charge in [-0.05, 0) is 68.6 Å². The van der Waals surface area contributed by atoms with Crippen LogP contribution in [0.3, 0.4) is 0 Å². The summed E-state index contributed by atoms with van der Waals surface area (Å²) < 4.78 is 24.1. The number of halogens is 2. The number of nitrogens with two attached hydrogens (primary N) is 1. The van der Waals surface area contributed by atoms with E-state index < -0.39 is 10.0 Å². The number of nitrogens with one attached hydrogen (secondary N) is 1. The van der Waals surface area contributed by atoms with Gasteiger partial charge in [0.1, 0.15) is 0 Å². The highest BCUT2D eigenvalue weighted by Crippen LogP contribution is 2.32.